The van der Waals surface area contributed by atoms with Crippen molar-refractivity contribution in [3.63, 3.8) is 0 Å². The van der Waals surface area contributed by atoms with Crippen molar-refractivity contribution in [2.24, 2.45) is 5.41 Å². The van der Waals surface area contributed by atoms with Gasteiger partial charge in [-0.3, -0.25) is 0 Å². The Morgan fingerprint density at radius 1 is 1.33 bits per heavy atom. The lowest BCUT2D eigenvalue weighted by Gasteiger charge is -2.30. The van der Waals surface area contributed by atoms with Crippen LogP contribution in [-0.2, 0) is 6.42 Å². The summed E-state index contributed by atoms with van der Waals surface area (Å²) in [6.45, 7) is 6.76. The lowest BCUT2D eigenvalue weighted by atomic mass is 9.83. The van der Waals surface area contributed by atoms with Crippen LogP contribution in [0.1, 0.15) is 39.2 Å². The molecule has 0 radical (unpaired) electrons. The minimum absolute atomic E-state index is 0.193. The Hall–Kier alpha value is -0.410. The molecule has 0 aromatic heterocycles. The van der Waals surface area contributed by atoms with Crippen molar-refractivity contribution >= 4 is 15.9 Å². The highest BCUT2D eigenvalue weighted by Crippen LogP contribution is 2.24. The number of hydrogen-bond donors (Lipinski definition) is 1. The van der Waals surface area contributed by atoms with E-state index in [0.29, 0.717) is 10.5 Å². The predicted octanol–water partition coefficient (Wildman–Crippen LogP) is 4.55. The van der Waals surface area contributed by atoms with E-state index in [-0.39, 0.29) is 11.2 Å². The molecule has 1 aromatic rings. The molecule has 102 valence electrons. The van der Waals surface area contributed by atoms with Crippen LogP contribution in [-0.4, -0.2) is 13.1 Å². The van der Waals surface area contributed by atoms with Crippen LogP contribution in [0.3, 0.4) is 0 Å². The van der Waals surface area contributed by atoms with Crippen molar-refractivity contribution in [3.8, 4) is 0 Å². The Morgan fingerprint density at radius 2 is 2.00 bits per heavy atom. The molecule has 0 aliphatic heterocycles. The Balaban J connectivity index is 2.48. The third kappa shape index (κ3) is 4.69. The van der Waals surface area contributed by atoms with Crippen LogP contribution in [0, 0.1) is 11.2 Å². The van der Waals surface area contributed by atoms with Gasteiger partial charge in [-0.25, -0.2) is 4.39 Å². The van der Waals surface area contributed by atoms with E-state index in [1.165, 1.54) is 11.6 Å². The van der Waals surface area contributed by atoms with Crippen LogP contribution in [0.25, 0.3) is 0 Å². The lowest BCUT2D eigenvalue weighted by Crippen LogP contribution is -2.37. The summed E-state index contributed by atoms with van der Waals surface area (Å²) in [6.07, 6.45) is 3.24. The Labute approximate surface area is 118 Å². The summed E-state index contributed by atoms with van der Waals surface area (Å²) in [5.41, 5.74) is 1.46. The monoisotopic (exact) mass is 315 g/mol. The number of benzene rings is 1. The van der Waals surface area contributed by atoms with Crippen molar-refractivity contribution < 1.29 is 4.39 Å². The normalized spacial score (nSPS) is 13.7. The van der Waals surface area contributed by atoms with Crippen molar-refractivity contribution in [2.75, 3.05) is 7.05 Å². The fraction of sp³-hybridized carbons (Fsp3) is 0.600. The highest BCUT2D eigenvalue weighted by Gasteiger charge is 2.22. The molecule has 0 bridgehead atoms. The number of aryl methyl sites for hydroxylation is 1. The van der Waals surface area contributed by atoms with Crippen molar-refractivity contribution in [1.29, 1.82) is 0 Å². The summed E-state index contributed by atoms with van der Waals surface area (Å²) in [4.78, 5) is 0. The zero-order valence-electron chi connectivity index (χ0n) is 11.7. The summed E-state index contributed by atoms with van der Waals surface area (Å²) in [7, 11) is 2.02. The topological polar surface area (TPSA) is 12.0 Å². The van der Waals surface area contributed by atoms with E-state index in [1.54, 1.807) is 0 Å². The number of halogens is 2. The quantitative estimate of drug-likeness (QED) is 0.840. The van der Waals surface area contributed by atoms with Crippen LogP contribution in [0.15, 0.2) is 22.7 Å². The van der Waals surface area contributed by atoms with E-state index in [2.05, 4.69) is 42.0 Å². The van der Waals surface area contributed by atoms with Crippen LogP contribution in [0.4, 0.5) is 4.39 Å². The fourth-order valence-corrected chi connectivity index (χ4v) is 2.64. The van der Waals surface area contributed by atoms with Gasteiger partial charge in [-0.1, -0.05) is 26.8 Å². The molecule has 1 atom stereocenters. The second-order valence-electron chi connectivity index (χ2n) is 5.85. The Bertz CT molecular complexity index is 385. The average Bonchev–Trinajstić information content (AvgIpc) is 2.27. The second-order valence-corrected chi connectivity index (χ2v) is 6.70. The van der Waals surface area contributed by atoms with Gasteiger partial charge in [0.2, 0.25) is 0 Å². The third-order valence-electron chi connectivity index (χ3n) is 3.34. The Kier molecular flexibility index (Phi) is 5.80. The minimum Gasteiger partial charge on any atom is -0.316 e. The van der Waals surface area contributed by atoms with Gasteiger partial charge in [0.25, 0.3) is 0 Å². The fourth-order valence-electron chi connectivity index (χ4n) is 2.22. The second kappa shape index (κ2) is 6.67. The number of nitrogens with one attached hydrogen (secondary N) is 1. The van der Waals surface area contributed by atoms with Gasteiger partial charge >= 0.3 is 0 Å². The molecule has 0 aliphatic carbocycles. The molecule has 0 spiro atoms. The van der Waals surface area contributed by atoms with Crippen molar-refractivity contribution in [3.05, 3.63) is 34.1 Å². The van der Waals surface area contributed by atoms with Crippen LogP contribution in [0.5, 0.6) is 0 Å². The molecule has 3 heteroatoms. The minimum atomic E-state index is -0.193. The maximum atomic E-state index is 13.1. The highest BCUT2D eigenvalue weighted by atomic mass is 79.9. The molecule has 18 heavy (non-hydrogen) atoms. The molecule has 0 heterocycles. The van der Waals surface area contributed by atoms with Crippen LogP contribution in [0.2, 0.25) is 0 Å². The van der Waals surface area contributed by atoms with E-state index in [4.69, 9.17) is 0 Å². The van der Waals surface area contributed by atoms with E-state index in [0.717, 1.165) is 19.3 Å². The van der Waals surface area contributed by atoms with E-state index < -0.39 is 0 Å². The summed E-state index contributed by atoms with van der Waals surface area (Å²) < 4.78 is 13.7. The molecular formula is C15H23BrFN. The molecule has 0 aliphatic rings. The maximum absolute atomic E-state index is 13.1. The van der Waals surface area contributed by atoms with Gasteiger partial charge in [-0.15, -0.1) is 0 Å². The first-order valence-electron chi connectivity index (χ1n) is 6.46. The van der Waals surface area contributed by atoms with Crippen molar-refractivity contribution in [2.45, 2.75) is 46.1 Å². The average molecular weight is 316 g/mol. The van der Waals surface area contributed by atoms with Crippen molar-refractivity contribution in [1.82, 2.24) is 5.32 Å². The summed E-state index contributed by atoms with van der Waals surface area (Å²) >= 11 is 3.22. The molecule has 0 fully saturated rings. The SMILES string of the molecule is CNC(CCCc1ccc(F)c(Br)c1)C(C)(C)C. The first-order valence-corrected chi connectivity index (χ1v) is 7.25. The first kappa shape index (κ1) is 15.6. The lowest BCUT2D eigenvalue weighted by molar-refractivity contribution is 0.263. The van der Waals surface area contributed by atoms with Crippen LogP contribution < -0.4 is 5.32 Å². The Morgan fingerprint density at radius 3 is 2.50 bits per heavy atom. The maximum Gasteiger partial charge on any atom is 0.137 e. The zero-order valence-corrected chi connectivity index (χ0v) is 13.3. The summed E-state index contributed by atoms with van der Waals surface area (Å²) in [5.74, 6) is -0.193. The molecule has 0 amide bonds. The van der Waals surface area contributed by atoms with E-state index in [9.17, 15) is 4.39 Å². The highest BCUT2D eigenvalue weighted by molar-refractivity contribution is 9.10. The molecule has 0 saturated heterocycles. The molecule has 0 saturated carbocycles. The van der Waals surface area contributed by atoms with E-state index >= 15 is 0 Å². The number of hydrogen-bond acceptors (Lipinski definition) is 1. The van der Waals surface area contributed by atoms with Gasteiger partial charge in [-0.2, -0.15) is 0 Å². The van der Waals surface area contributed by atoms with Gasteiger partial charge in [0.05, 0.1) is 4.47 Å². The first-order chi connectivity index (χ1) is 8.34. The molecular weight excluding hydrogens is 293 g/mol. The standard InChI is InChI=1S/C15H23BrFN/c1-15(2,3)14(18-4)7-5-6-11-8-9-13(17)12(16)10-11/h8-10,14,18H,5-7H2,1-4H3. The predicted molar refractivity (Wildman–Crippen MR) is 79.3 cm³/mol. The summed E-state index contributed by atoms with van der Waals surface area (Å²) in [5, 5.41) is 3.38. The largest absolute Gasteiger partial charge is 0.316 e. The van der Waals surface area contributed by atoms with Crippen LogP contribution >= 0.6 is 15.9 Å². The number of rotatable bonds is 5. The molecule has 1 unspecified atom stereocenters. The van der Waals surface area contributed by atoms with Gasteiger partial charge in [0.1, 0.15) is 5.82 Å². The van der Waals surface area contributed by atoms with E-state index in [1.807, 2.05) is 19.2 Å². The van der Waals surface area contributed by atoms with Gasteiger partial charge < -0.3 is 5.32 Å². The third-order valence-corrected chi connectivity index (χ3v) is 3.94. The van der Waals surface area contributed by atoms with Gasteiger partial charge in [0.15, 0.2) is 0 Å². The molecule has 1 N–H and O–H groups in total. The smallest absolute Gasteiger partial charge is 0.137 e. The van der Waals surface area contributed by atoms with Gasteiger partial charge in [0, 0.05) is 6.04 Å². The molecule has 1 rings (SSSR count). The molecule has 1 nitrogen and oxygen atoms in total. The summed E-state index contributed by atoms with van der Waals surface area (Å²) in [6, 6.07) is 5.78. The molecule has 1 aromatic carbocycles. The van der Waals surface area contributed by atoms with Gasteiger partial charge in [-0.05, 0) is 65.4 Å². The zero-order chi connectivity index (χ0) is 13.8.